The topological polar surface area (TPSA) is 93.3 Å². The van der Waals surface area contributed by atoms with Crippen molar-refractivity contribution in [2.45, 2.75) is 56.4 Å². The summed E-state index contributed by atoms with van der Waals surface area (Å²) in [7, 11) is 1.30. The van der Waals surface area contributed by atoms with Gasteiger partial charge in [0, 0.05) is 25.6 Å². The first-order valence-electron chi connectivity index (χ1n) is 10.3. The number of halogens is 3. The fourth-order valence-electron chi connectivity index (χ4n) is 5.74. The van der Waals surface area contributed by atoms with E-state index in [-0.39, 0.29) is 35.9 Å². The lowest BCUT2D eigenvalue weighted by Crippen LogP contribution is -2.62. The summed E-state index contributed by atoms with van der Waals surface area (Å²) >= 11 is 0. The first kappa shape index (κ1) is 19.9. The summed E-state index contributed by atoms with van der Waals surface area (Å²) in [6.45, 7) is 2.25. The number of likely N-dealkylation sites (tertiary alicyclic amines) is 1. The molecular weight excluding hydrogens is 401 g/mol. The molecule has 3 aliphatic carbocycles. The van der Waals surface area contributed by atoms with Crippen LogP contribution in [0.1, 0.15) is 32.2 Å². The number of hydrogen-bond donors (Lipinski definition) is 2. The van der Waals surface area contributed by atoms with Crippen molar-refractivity contribution in [1.82, 2.24) is 14.5 Å². The standard InChI is InChI=1S/C20H25F3N4O3/c1-8-14-12(18(28)25-19(29)27(14)10-3-4-10)16(30-2)13(21)15(8)26-6-9-5-20(22,23)17(24)11(9)7-26/h9-11,13,15,17H,3-7,24H2,1-2H3,(H,25,28,29). The van der Waals surface area contributed by atoms with E-state index in [1.807, 2.05) is 4.90 Å². The van der Waals surface area contributed by atoms with Gasteiger partial charge in [0.05, 0.1) is 24.5 Å². The highest BCUT2D eigenvalue weighted by atomic mass is 19.3. The monoisotopic (exact) mass is 426 g/mol. The van der Waals surface area contributed by atoms with Crippen molar-refractivity contribution in [3.8, 4) is 0 Å². The molecule has 0 radical (unpaired) electrons. The average Bonchev–Trinajstić information content (AvgIpc) is 3.38. The van der Waals surface area contributed by atoms with Crippen LogP contribution < -0.4 is 27.6 Å². The number of alkyl halides is 3. The van der Waals surface area contributed by atoms with Gasteiger partial charge in [-0.05, 0) is 37.2 Å². The summed E-state index contributed by atoms with van der Waals surface area (Å²) in [5.41, 5.74) is 5.15. The Bertz CT molecular complexity index is 1140. The number of hydrogen-bond acceptors (Lipinski definition) is 5. The number of ether oxygens (including phenoxy) is 1. The summed E-state index contributed by atoms with van der Waals surface area (Å²) in [4.78, 5) is 29.2. The molecule has 2 saturated carbocycles. The number of nitrogens with two attached hydrogens (primary N) is 1. The van der Waals surface area contributed by atoms with E-state index in [0.29, 0.717) is 17.5 Å². The maximum absolute atomic E-state index is 15.7. The van der Waals surface area contributed by atoms with Gasteiger partial charge in [0.15, 0.2) is 6.17 Å². The Balaban J connectivity index is 1.66. The molecule has 0 bridgehead atoms. The summed E-state index contributed by atoms with van der Waals surface area (Å²) in [5.74, 6) is -3.76. The van der Waals surface area contributed by atoms with Crippen molar-refractivity contribution in [3.63, 3.8) is 0 Å². The van der Waals surface area contributed by atoms with Gasteiger partial charge in [-0.1, -0.05) is 0 Å². The van der Waals surface area contributed by atoms with Crippen molar-refractivity contribution < 1.29 is 17.9 Å². The minimum absolute atomic E-state index is 0.0435. The van der Waals surface area contributed by atoms with Crippen molar-refractivity contribution in [3.05, 3.63) is 31.4 Å². The second kappa shape index (κ2) is 6.46. The van der Waals surface area contributed by atoms with Crippen LogP contribution in [0.4, 0.5) is 13.2 Å². The zero-order chi connectivity index (χ0) is 21.5. The third-order valence-electron chi connectivity index (χ3n) is 7.26. The molecule has 1 aliphatic heterocycles. The Morgan fingerprint density at radius 3 is 2.53 bits per heavy atom. The zero-order valence-electron chi connectivity index (χ0n) is 16.8. The quantitative estimate of drug-likeness (QED) is 0.676. The smallest absolute Gasteiger partial charge is 0.329 e. The third kappa shape index (κ3) is 2.65. The van der Waals surface area contributed by atoms with E-state index in [1.165, 1.54) is 11.7 Å². The fraction of sp³-hybridized carbons (Fsp3) is 0.700. The van der Waals surface area contributed by atoms with Crippen LogP contribution in [0.15, 0.2) is 9.59 Å². The minimum Gasteiger partial charge on any atom is -0.497 e. The largest absolute Gasteiger partial charge is 0.497 e. The lowest BCUT2D eigenvalue weighted by Gasteiger charge is -2.35. The van der Waals surface area contributed by atoms with E-state index in [0.717, 1.165) is 12.8 Å². The number of H-pyrrole nitrogens is 1. The molecule has 10 heteroatoms. The van der Waals surface area contributed by atoms with Gasteiger partial charge in [-0.2, -0.15) is 0 Å². The van der Waals surface area contributed by atoms with Crippen LogP contribution in [0.2, 0.25) is 0 Å². The van der Waals surface area contributed by atoms with Gasteiger partial charge in [-0.3, -0.25) is 19.2 Å². The molecule has 30 heavy (non-hydrogen) atoms. The summed E-state index contributed by atoms with van der Waals surface area (Å²) in [6, 6.07) is -2.09. The van der Waals surface area contributed by atoms with Gasteiger partial charge in [-0.15, -0.1) is 0 Å². The Hall–Kier alpha value is -2.07. The molecule has 164 valence electrons. The number of methoxy groups -OCH3 is 1. The number of aromatic nitrogens is 2. The molecule has 5 unspecified atom stereocenters. The average molecular weight is 426 g/mol. The molecule has 1 saturated heterocycles. The van der Waals surface area contributed by atoms with Crippen LogP contribution in [0.25, 0.3) is 11.3 Å². The first-order chi connectivity index (χ1) is 14.2. The lowest BCUT2D eigenvalue weighted by atomic mass is 9.93. The van der Waals surface area contributed by atoms with Crippen molar-refractivity contribution >= 4 is 11.3 Å². The van der Waals surface area contributed by atoms with Crippen molar-refractivity contribution in [2.24, 2.45) is 17.6 Å². The van der Waals surface area contributed by atoms with E-state index in [9.17, 15) is 18.4 Å². The van der Waals surface area contributed by atoms with Crippen LogP contribution in [0, 0.1) is 11.8 Å². The number of nitrogens with zero attached hydrogens (tertiary/aromatic N) is 2. The molecule has 3 fully saturated rings. The highest BCUT2D eigenvalue weighted by Crippen LogP contribution is 2.47. The molecule has 5 rings (SSSR count). The van der Waals surface area contributed by atoms with E-state index in [2.05, 4.69) is 4.98 Å². The SMILES string of the molecule is COC1=c2c(=O)[nH]c(=O)n(C3CC3)c2=C(C)C(N2CC3CC(F)(F)C(N)C3C2)C1F. The van der Waals surface area contributed by atoms with E-state index < -0.39 is 41.3 Å². The van der Waals surface area contributed by atoms with Gasteiger partial charge in [0.1, 0.15) is 11.0 Å². The molecule has 7 nitrogen and oxygen atoms in total. The minimum atomic E-state index is -2.90. The maximum Gasteiger partial charge on any atom is 0.329 e. The number of fused-ring (bicyclic) bond motifs is 2. The summed E-state index contributed by atoms with van der Waals surface area (Å²) in [6.07, 6.45) is -0.350. The molecule has 5 atom stereocenters. The Morgan fingerprint density at radius 2 is 1.93 bits per heavy atom. The van der Waals surface area contributed by atoms with Crippen molar-refractivity contribution in [2.75, 3.05) is 20.2 Å². The molecule has 0 spiro atoms. The molecule has 3 N–H and O–H groups in total. The van der Waals surface area contributed by atoms with Gasteiger partial charge >= 0.3 is 5.69 Å². The molecule has 1 aromatic rings. The van der Waals surface area contributed by atoms with Crippen molar-refractivity contribution in [1.29, 1.82) is 0 Å². The first-order valence-corrected chi connectivity index (χ1v) is 10.3. The second-order valence-electron chi connectivity index (χ2n) is 9.05. The van der Waals surface area contributed by atoms with Gasteiger partial charge in [0.2, 0.25) is 0 Å². The molecular formula is C20H25F3N4O3. The molecule has 1 aromatic heterocycles. The summed E-state index contributed by atoms with van der Waals surface area (Å²) in [5, 5.41) is 0.446. The third-order valence-corrected chi connectivity index (χ3v) is 7.26. The van der Waals surface area contributed by atoms with Crippen LogP contribution in [0.3, 0.4) is 0 Å². The van der Waals surface area contributed by atoms with Crippen LogP contribution in [-0.2, 0) is 4.74 Å². The predicted octanol–water partition coefficient (Wildman–Crippen LogP) is -0.569. The number of nitrogens with one attached hydrogen (secondary N) is 1. The summed E-state index contributed by atoms with van der Waals surface area (Å²) < 4.78 is 50.6. The van der Waals surface area contributed by atoms with Gasteiger partial charge in [-0.25, -0.2) is 18.0 Å². The Labute approximate surface area is 170 Å². The number of rotatable bonds is 3. The molecule has 2 heterocycles. The molecule has 0 aromatic carbocycles. The Kier molecular flexibility index (Phi) is 4.28. The molecule has 4 aliphatic rings. The lowest BCUT2D eigenvalue weighted by molar-refractivity contribution is -0.0203. The predicted molar refractivity (Wildman–Crippen MR) is 103 cm³/mol. The zero-order valence-corrected chi connectivity index (χ0v) is 16.8. The van der Waals surface area contributed by atoms with Gasteiger partial charge in [0.25, 0.3) is 11.5 Å². The van der Waals surface area contributed by atoms with E-state index in [4.69, 9.17) is 10.5 Å². The number of aromatic amines is 1. The van der Waals surface area contributed by atoms with Gasteiger partial charge < -0.3 is 10.5 Å². The molecule has 0 amide bonds. The van der Waals surface area contributed by atoms with E-state index >= 15 is 4.39 Å². The van der Waals surface area contributed by atoms with Crippen LogP contribution >= 0.6 is 0 Å². The van der Waals surface area contributed by atoms with E-state index in [1.54, 1.807) is 6.92 Å². The second-order valence-corrected chi connectivity index (χ2v) is 9.05. The highest BCUT2D eigenvalue weighted by molar-refractivity contribution is 5.61. The van der Waals surface area contributed by atoms with Crippen LogP contribution in [0.5, 0.6) is 0 Å². The normalized spacial score (nSPS) is 35.5. The highest BCUT2D eigenvalue weighted by Gasteiger charge is 2.58. The Morgan fingerprint density at radius 1 is 1.23 bits per heavy atom. The fourth-order valence-corrected chi connectivity index (χ4v) is 5.74. The maximum atomic E-state index is 15.7. The van der Waals surface area contributed by atoms with Crippen LogP contribution in [-0.4, -0.2) is 58.8 Å².